The number of aromatic amines is 1. The normalized spacial score (nSPS) is 11.3. The van der Waals surface area contributed by atoms with E-state index < -0.39 is 15.8 Å². The molecule has 0 atom stereocenters. The summed E-state index contributed by atoms with van der Waals surface area (Å²) in [6, 6.07) is 11.1. The Morgan fingerprint density at radius 3 is 2.50 bits per heavy atom. The summed E-state index contributed by atoms with van der Waals surface area (Å²) in [5, 5.41) is 9.85. The van der Waals surface area contributed by atoms with Crippen LogP contribution in [0.1, 0.15) is 20.9 Å². The molecule has 0 bridgehead atoms. The molecule has 0 spiro atoms. The monoisotopic (exact) mass is 472 g/mol. The van der Waals surface area contributed by atoms with E-state index in [0.29, 0.717) is 21.4 Å². The molecular weight excluding hydrogens is 455 g/mol. The molecule has 9 nitrogen and oxygen atoms in total. The third-order valence-corrected chi connectivity index (χ3v) is 6.96. The Balaban J connectivity index is 1.39. The number of nitrogens with zero attached hydrogens (tertiary/aromatic N) is 3. The fourth-order valence-corrected chi connectivity index (χ4v) is 4.79. The van der Waals surface area contributed by atoms with E-state index in [4.69, 9.17) is 0 Å². The quantitative estimate of drug-likeness (QED) is 0.379. The van der Waals surface area contributed by atoms with Crippen molar-refractivity contribution in [2.24, 2.45) is 0 Å². The number of carbonyl (C=O) groups is 1. The van der Waals surface area contributed by atoms with Crippen molar-refractivity contribution >= 4 is 33.0 Å². The lowest BCUT2D eigenvalue weighted by molar-refractivity contribution is 0.0954. The molecule has 0 saturated heterocycles. The first-order valence-electron chi connectivity index (χ1n) is 9.30. The van der Waals surface area contributed by atoms with Crippen LogP contribution in [0.5, 0.6) is 0 Å². The summed E-state index contributed by atoms with van der Waals surface area (Å²) in [5.74, 6) is -0.259. The fraction of sp³-hybridized carbons (Fsp3) is 0.100. The van der Waals surface area contributed by atoms with Gasteiger partial charge in [0.2, 0.25) is 0 Å². The Kier molecular flexibility index (Phi) is 5.97. The molecule has 0 aliphatic carbocycles. The van der Waals surface area contributed by atoms with Crippen molar-refractivity contribution in [1.82, 2.24) is 25.5 Å². The molecule has 0 fully saturated rings. The number of aromatic nitrogens is 4. The van der Waals surface area contributed by atoms with Crippen molar-refractivity contribution in [2.75, 3.05) is 4.72 Å². The molecule has 2 aromatic heterocycles. The second kappa shape index (κ2) is 8.85. The average Bonchev–Trinajstić information content (AvgIpc) is 3.44. The highest BCUT2D eigenvalue weighted by molar-refractivity contribution is 7.92. The summed E-state index contributed by atoms with van der Waals surface area (Å²) in [7, 11) is -3.82. The first-order chi connectivity index (χ1) is 15.3. The van der Waals surface area contributed by atoms with Gasteiger partial charge in [0.1, 0.15) is 17.0 Å². The molecule has 0 radical (unpaired) electrons. The van der Waals surface area contributed by atoms with E-state index in [9.17, 15) is 17.6 Å². The molecule has 3 N–H and O–H groups in total. The number of aryl methyl sites for hydroxylation is 1. The van der Waals surface area contributed by atoms with Gasteiger partial charge in [-0.15, -0.1) is 11.3 Å². The van der Waals surface area contributed by atoms with Crippen LogP contribution < -0.4 is 10.0 Å². The largest absolute Gasteiger partial charge is 0.347 e. The molecule has 0 saturated carbocycles. The number of hydrogen-bond acceptors (Lipinski definition) is 7. The number of hydrogen-bond donors (Lipinski definition) is 3. The van der Waals surface area contributed by atoms with Crippen LogP contribution in [0.2, 0.25) is 0 Å². The molecule has 164 valence electrons. The lowest BCUT2D eigenvalue weighted by Gasteiger charge is -2.09. The van der Waals surface area contributed by atoms with Crippen LogP contribution in [0.4, 0.5) is 10.1 Å². The van der Waals surface area contributed by atoms with Crippen molar-refractivity contribution in [3.8, 4) is 10.8 Å². The summed E-state index contributed by atoms with van der Waals surface area (Å²) in [6.07, 6.45) is 1.37. The van der Waals surface area contributed by atoms with Crippen LogP contribution in [-0.2, 0) is 16.6 Å². The molecule has 1 amide bonds. The maximum absolute atomic E-state index is 13.0. The number of nitrogens with one attached hydrogen (secondary N) is 3. The summed E-state index contributed by atoms with van der Waals surface area (Å²) in [5.41, 5.74) is 1.55. The maximum Gasteiger partial charge on any atom is 0.263 e. The van der Waals surface area contributed by atoms with E-state index in [-0.39, 0.29) is 23.0 Å². The van der Waals surface area contributed by atoms with E-state index in [1.54, 1.807) is 19.1 Å². The molecule has 2 aromatic carbocycles. The molecule has 0 aliphatic rings. The molecule has 0 unspecified atom stereocenters. The molecule has 4 rings (SSSR count). The molecule has 32 heavy (non-hydrogen) atoms. The van der Waals surface area contributed by atoms with Crippen molar-refractivity contribution in [3.05, 3.63) is 76.8 Å². The molecule has 12 heteroatoms. The minimum Gasteiger partial charge on any atom is -0.347 e. The number of anilines is 1. The zero-order chi connectivity index (χ0) is 22.7. The maximum atomic E-state index is 13.0. The Bertz CT molecular complexity index is 1340. The zero-order valence-electron chi connectivity index (χ0n) is 16.7. The summed E-state index contributed by atoms with van der Waals surface area (Å²) in [6.45, 7) is 1.94. The van der Waals surface area contributed by atoms with Crippen LogP contribution in [-0.4, -0.2) is 34.5 Å². The highest BCUT2D eigenvalue weighted by Gasteiger charge is 2.18. The van der Waals surface area contributed by atoms with Gasteiger partial charge in [0.25, 0.3) is 15.9 Å². The number of H-pyrrole nitrogens is 1. The molecule has 0 aliphatic heterocycles. The number of halogens is 1. The van der Waals surface area contributed by atoms with Crippen LogP contribution >= 0.6 is 11.3 Å². The van der Waals surface area contributed by atoms with Crippen LogP contribution in [0, 0.1) is 12.7 Å². The number of amides is 1. The minimum atomic E-state index is -3.82. The Morgan fingerprint density at radius 1 is 1.12 bits per heavy atom. The van der Waals surface area contributed by atoms with Crippen LogP contribution in [0.3, 0.4) is 0 Å². The predicted molar refractivity (Wildman–Crippen MR) is 117 cm³/mol. The van der Waals surface area contributed by atoms with Gasteiger partial charge in [0.05, 0.1) is 10.6 Å². The van der Waals surface area contributed by atoms with E-state index in [2.05, 4.69) is 30.2 Å². The number of thiazole rings is 1. The van der Waals surface area contributed by atoms with Crippen molar-refractivity contribution < 1.29 is 17.6 Å². The smallest absolute Gasteiger partial charge is 0.263 e. The zero-order valence-corrected chi connectivity index (χ0v) is 18.3. The van der Waals surface area contributed by atoms with Crippen molar-refractivity contribution in [2.45, 2.75) is 18.4 Å². The number of rotatable bonds is 7. The Morgan fingerprint density at radius 2 is 1.84 bits per heavy atom. The second-order valence-corrected chi connectivity index (χ2v) is 9.39. The fourth-order valence-electron chi connectivity index (χ4n) is 2.80. The predicted octanol–water partition coefficient (Wildman–Crippen LogP) is 3.11. The Hall–Kier alpha value is -3.64. The van der Waals surface area contributed by atoms with Crippen LogP contribution in [0.15, 0.2) is 59.8 Å². The lowest BCUT2D eigenvalue weighted by atomic mass is 10.2. The third-order valence-electron chi connectivity index (χ3n) is 4.40. The van der Waals surface area contributed by atoms with Gasteiger partial charge in [-0.1, -0.05) is 12.1 Å². The summed E-state index contributed by atoms with van der Waals surface area (Å²) >= 11 is 1.20. The first-order valence-corrected chi connectivity index (χ1v) is 11.6. The van der Waals surface area contributed by atoms with Gasteiger partial charge in [-0.3, -0.25) is 14.6 Å². The van der Waals surface area contributed by atoms with Crippen molar-refractivity contribution in [1.29, 1.82) is 0 Å². The van der Waals surface area contributed by atoms with Gasteiger partial charge in [-0.25, -0.2) is 22.8 Å². The standard InChI is InChI=1S/C20H17FN6O3S2/c1-12-17(31-20(25-12)18-23-11-24-26-18)19(28)22-10-13-2-8-16(9-3-13)32(29,30)27-15-6-4-14(21)5-7-15/h2-9,11,27H,10H2,1H3,(H,22,28)(H,23,24,26). The van der Waals surface area contributed by atoms with Gasteiger partial charge in [0.15, 0.2) is 10.8 Å². The van der Waals surface area contributed by atoms with Gasteiger partial charge in [0, 0.05) is 12.2 Å². The number of carbonyl (C=O) groups excluding carboxylic acids is 1. The van der Waals surface area contributed by atoms with Crippen LogP contribution in [0.25, 0.3) is 10.8 Å². The van der Waals surface area contributed by atoms with Crippen molar-refractivity contribution in [3.63, 3.8) is 0 Å². The summed E-state index contributed by atoms with van der Waals surface area (Å²) < 4.78 is 40.4. The topological polar surface area (TPSA) is 130 Å². The second-order valence-electron chi connectivity index (χ2n) is 6.71. The number of benzene rings is 2. The summed E-state index contributed by atoms with van der Waals surface area (Å²) in [4.78, 5) is 21.4. The van der Waals surface area contributed by atoms with Gasteiger partial charge in [-0.05, 0) is 48.9 Å². The first kappa shape index (κ1) is 21.6. The van der Waals surface area contributed by atoms with E-state index in [1.165, 1.54) is 54.1 Å². The van der Waals surface area contributed by atoms with E-state index in [0.717, 1.165) is 5.56 Å². The average molecular weight is 473 g/mol. The van der Waals surface area contributed by atoms with E-state index in [1.807, 2.05) is 0 Å². The minimum absolute atomic E-state index is 0.0481. The number of sulfonamides is 1. The molecular formula is C20H17FN6O3S2. The molecule has 4 aromatic rings. The molecule has 2 heterocycles. The Labute approximate surface area is 186 Å². The van der Waals surface area contributed by atoms with Gasteiger partial charge >= 0.3 is 0 Å². The highest BCUT2D eigenvalue weighted by Crippen LogP contribution is 2.25. The third kappa shape index (κ3) is 4.81. The lowest BCUT2D eigenvalue weighted by Crippen LogP contribution is -2.22. The highest BCUT2D eigenvalue weighted by atomic mass is 32.2. The van der Waals surface area contributed by atoms with E-state index >= 15 is 0 Å². The SMILES string of the molecule is Cc1nc(-c2ncn[nH]2)sc1C(=O)NCc1ccc(S(=O)(=O)Nc2ccc(F)cc2)cc1. The van der Waals surface area contributed by atoms with Gasteiger partial charge in [-0.2, -0.15) is 5.10 Å². The van der Waals surface area contributed by atoms with Gasteiger partial charge < -0.3 is 5.32 Å².